The van der Waals surface area contributed by atoms with E-state index in [4.69, 9.17) is 0 Å². The van der Waals surface area contributed by atoms with Crippen LogP contribution in [0.3, 0.4) is 0 Å². The second kappa shape index (κ2) is 6.21. The van der Waals surface area contributed by atoms with Crippen LogP contribution >= 0.6 is 0 Å². The first-order chi connectivity index (χ1) is 9.84. The molecular formula is C18H22N2. The molecule has 1 N–H and O–H groups in total. The van der Waals surface area contributed by atoms with E-state index in [1.54, 1.807) is 0 Å². The van der Waals surface area contributed by atoms with Gasteiger partial charge in [0.25, 0.3) is 0 Å². The maximum Gasteiger partial charge on any atom is 0.0660 e. The SMILES string of the molecule is [CH2-][NH+]1CCN(C(c2ccccc2)c2ccccc2)CC1. The number of hydrogen-bond donors (Lipinski definition) is 1. The zero-order valence-electron chi connectivity index (χ0n) is 11.8. The maximum absolute atomic E-state index is 4.13. The van der Waals surface area contributed by atoms with Crippen LogP contribution in [0.2, 0.25) is 0 Å². The minimum atomic E-state index is 0.366. The van der Waals surface area contributed by atoms with Gasteiger partial charge in [-0.05, 0) is 11.1 Å². The molecule has 1 saturated heterocycles. The van der Waals surface area contributed by atoms with E-state index in [-0.39, 0.29) is 0 Å². The second-order valence-electron chi connectivity index (χ2n) is 5.51. The molecule has 3 rings (SSSR count). The number of quaternary nitrogens is 1. The molecule has 104 valence electrons. The molecular weight excluding hydrogens is 244 g/mol. The Morgan fingerprint density at radius 1 is 0.800 bits per heavy atom. The summed E-state index contributed by atoms with van der Waals surface area (Å²) in [4.78, 5) is 3.97. The predicted molar refractivity (Wildman–Crippen MR) is 82.4 cm³/mol. The standard InChI is InChI=1S/C18H22N2/c1-19-12-14-20(15-13-19)18(16-8-4-2-5-9-16)17-10-6-3-7-11-17/h2-11,18-19H,1,12-15H2. The van der Waals surface area contributed by atoms with Gasteiger partial charge >= 0.3 is 0 Å². The Hall–Kier alpha value is -1.64. The molecule has 2 aromatic rings. The molecule has 1 heterocycles. The molecule has 2 nitrogen and oxygen atoms in total. The highest BCUT2D eigenvalue weighted by Crippen LogP contribution is 2.28. The minimum Gasteiger partial charge on any atom is -0.466 e. The van der Waals surface area contributed by atoms with Crippen LogP contribution in [-0.4, -0.2) is 31.1 Å². The first-order valence-corrected chi connectivity index (χ1v) is 7.35. The van der Waals surface area contributed by atoms with Gasteiger partial charge in [-0.25, -0.2) is 0 Å². The highest BCUT2D eigenvalue weighted by atomic mass is 15.3. The molecule has 0 bridgehead atoms. The lowest BCUT2D eigenvalue weighted by Gasteiger charge is -2.39. The van der Waals surface area contributed by atoms with Crippen LogP contribution in [0.5, 0.6) is 0 Å². The van der Waals surface area contributed by atoms with Crippen molar-refractivity contribution in [1.82, 2.24) is 4.90 Å². The van der Waals surface area contributed by atoms with E-state index < -0.39 is 0 Å². The minimum absolute atomic E-state index is 0.366. The zero-order chi connectivity index (χ0) is 13.8. The number of hydrogen-bond acceptors (Lipinski definition) is 1. The normalized spacial score (nSPS) is 17.5. The van der Waals surface area contributed by atoms with Crippen molar-refractivity contribution in [2.75, 3.05) is 26.2 Å². The largest absolute Gasteiger partial charge is 0.466 e. The Bertz CT molecular complexity index is 476. The van der Waals surface area contributed by atoms with Crippen LogP contribution in [0, 0.1) is 7.05 Å². The van der Waals surface area contributed by atoms with E-state index in [9.17, 15) is 0 Å². The Morgan fingerprint density at radius 3 is 1.70 bits per heavy atom. The third kappa shape index (κ3) is 2.92. The summed E-state index contributed by atoms with van der Waals surface area (Å²) in [6, 6.07) is 22.0. The quantitative estimate of drug-likeness (QED) is 0.832. The van der Waals surface area contributed by atoms with E-state index in [0.29, 0.717) is 6.04 Å². The van der Waals surface area contributed by atoms with Gasteiger partial charge in [0.15, 0.2) is 0 Å². The molecule has 2 aromatic carbocycles. The molecule has 0 unspecified atom stereocenters. The van der Waals surface area contributed by atoms with E-state index in [2.05, 4.69) is 72.6 Å². The maximum atomic E-state index is 4.13. The lowest BCUT2D eigenvalue weighted by atomic mass is 9.96. The van der Waals surface area contributed by atoms with Crippen molar-refractivity contribution in [1.29, 1.82) is 0 Å². The first-order valence-electron chi connectivity index (χ1n) is 7.35. The average molecular weight is 266 g/mol. The fraction of sp³-hybridized carbons (Fsp3) is 0.278. The molecule has 1 aliphatic rings. The average Bonchev–Trinajstić information content (AvgIpc) is 2.52. The molecule has 20 heavy (non-hydrogen) atoms. The Morgan fingerprint density at radius 2 is 1.25 bits per heavy atom. The molecule has 1 fully saturated rings. The zero-order valence-corrected chi connectivity index (χ0v) is 11.8. The van der Waals surface area contributed by atoms with Crippen LogP contribution in [0.4, 0.5) is 0 Å². The van der Waals surface area contributed by atoms with Crippen molar-refractivity contribution in [3.8, 4) is 0 Å². The molecule has 0 aromatic heterocycles. The number of benzene rings is 2. The van der Waals surface area contributed by atoms with Gasteiger partial charge in [0, 0.05) is 13.1 Å². The van der Waals surface area contributed by atoms with Gasteiger partial charge in [-0.3, -0.25) is 4.90 Å². The molecule has 0 spiro atoms. The Balaban J connectivity index is 1.92. The summed E-state index contributed by atoms with van der Waals surface area (Å²) in [6.45, 7) is 4.45. The van der Waals surface area contributed by atoms with E-state index in [1.807, 2.05) is 0 Å². The molecule has 2 heteroatoms. The van der Waals surface area contributed by atoms with Crippen LogP contribution < -0.4 is 4.90 Å². The molecule has 0 radical (unpaired) electrons. The van der Waals surface area contributed by atoms with Gasteiger partial charge in [-0.15, -0.1) is 0 Å². The molecule has 0 amide bonds. The lowest BCUT2D eigenvalue weighted by molar-refractivity contribution is -0.859. The summed E-state index contributed by atoms with van der Waals surface area (Å²) in [7, 11) is 4.13. The summed E-state index contributed by atoms with van der Waals surface area (Å²) in [6.07, 6.45) is 0. The van der Waals surface area contributed by atoms with Gasteiger partial charge in [-0.2, -0.15) is 7.05 Å². The number of nitrogens with zero attached hydrogens (tertiary/aromatic N) is 1. The summed E-state index contributed by atoms with van der Waals surface area (Å²) >= 11 is 0. The Labute approximate surface area is 121 Å². The highest BCUT2D eigenvalue weighted by molar-refractivity contribution is 5.31. The molecule has 1 aliphatic heterocycles. The van der Waals surface area contributed by atoms with Crippen LogP contribution in [0.15, 0.2) is 60.7 Å². The summed E-state index contributed by atoms with van der Waals surface area (Å²) in [5.41, 5.74) is 2.76. The topological polar surface area (TPSA) is 7.68 Å². The fourth-order valence-corrected chi connectivity index (χ4v) is 2.98. The predicted octanol–water partition coefficient (Wildman–Crippen LogP) is 1.77. The monoisotopic (exact) mass is 266 g/mol. The van der Waals surface area contributed by atoms with E-state index >= 15 is 0 Å². The third-order valence-corrected chi connectivity index (χ3v) is 4.10. The third-order valence-electron chi connectivity index (χ3n) is 4.10. The van der Waals surface area contributed by atoms with E-state index in [1.165, 1.54) is 16.0 Å². The van der Waals surface area contributed by atoms with E-state index in [0.717, 1.165) is 26.2 Å². The number of nitrogens with one attached hydrogen (secondary N) is 1. The summed E-state index contributed by atoms with van der Waals surface area (Å²) in [5.74, 6) is 0. The highest BCUT2D eigenvalue weighted by Gasteiger charge is 2.25. The van der Waals surface area contributed by atoms with Crippen molar-refractivity contribution >= 4 is 0 Å². The number of rotatable bonds is 3. The van der Waals surface area contributed by atoms with Crippen molar-refractivity contribution in [2.24, 2.45) is 0 Å². The van der Waals surface area contributed by atoms with Crippen molar-refractivity contribution in [3.63, 3.8) is 0 Å². The van der Waals surface area contributed by atoms with Gasteiger partial charge in [0.05, 0.1) is 19.1 Å². The number of piperazine rings is 1. The van der Waals surface area contributed by atoms with Crippen LogP contribution in [-0.2, 0) is 0 Å². The van der Waals surface area contributed by atoms with Gasteiger partial charge < -0.3 is 4.90 Å². The van der Waals surface area contributed by atoms with Crippen molar-refractivity contribution in [3.05, 3.63) is 78.8 Å². The van der Waals surface area contributed by atoms with Crippen molar-refractivity contribution < 1.29 is 4.90 Å². The summed E-state index contributed by atoms with van der Waals surface area (Å²) < 4.78 is 0. The second-order valence-corrected chi connectivity index (χ2v) is 5.51. The first kappa shape index (κ1) is 13.3. The molecule has 0 atom stereocenters. The lowest BCUT2D eigenvalue weighted by Crippen LogP contribution is -3.10. The van der Waals surface area contributed by atoms with Crippen LogP contribution in [0.25, 0.3) is 0 Å². The Kier molecular flexibility index (Phi) is 4.14. The fourth-order valence-electron chi connectivity index (χ4n) is 2.98. The van der Waals surface area contributed by atoms with Crippen molar-refractivity contribution in [2.45, 2.75) is 6.04 Å². The van der Waals surface area contributed by atoms with Gasteiger partial charge in [0.2, 0.25) is 0 Å². The summed E-state index contributed by atoms with van der Waals surface area (Å²) in [5, 5.41) is 0. The van der Waals surface area contributed by atoms with Gasteiger partial charge in [0.1, 0.15) is 0 Å². The van der Waals surface area contributed by atoms with Gasteiger partial charge in [-0.1, -0.05) is 60.7 Å². The van der Waals surface area contributed by atoms with Crippen LogP contribution in [0.1, 0.15) is 17.2 Å². The smallest absolute Gasteiger partial charge is 0.0660 e. The molecule has 0 aliphatic carbocycles. The molecule has 0 saturated carbocycles.